The highest BCUT2D eigenvalue weighted by atomic mass is 19.1. The van der Waals surface area contributed by atoms with Gasteiger partial charge in [0.15, 0.2) is 0 Å². The number of hydrogen-bond acceptors (Lipinski definition) is 3. The first kappa shape index (κ1) is 10.4. The Hall–Kier alpha value is -1.75. The number of nitrogens with zero attached hydrogens (tertiary/aromatic N) is 3. The Morgan fingerprint density at radius 2 is 2.18 bits per heavy atom. The molecular formula is C12H13FN4. The maximum Gasteiger partial charge on any atom is 0.138 e. The lowest BCUT2D eigenvalue weighted by Crippen LogP contribution is -2.41. The van der Waals surface area contributed by atoms with Crippen LogP contribution in [0.1, 0.15) is 17.3 Å². The molecule has 2 aromatic rings. The van der Waals surface area contributed by atoms with Crippen LogP contribution in [0, 0.1) is 5.82 Å². The molecule has 1 aliphatic heterocycles. The van der Waals surface area contributed by atoms with E-state index in [1.807, 2.05) is 10.6 Å². The maximum atomic E-state index is 13.5. The predicted molar refractivity (Wildman–Crippen MR) is 61.1 cm³/mol. The van der Waals surface area contributed by atoms with Crippen molar-refractivity contribution in [3.8, 4) is 0 Å². The van der Waals surface area contributed by atoms with Gasteiger partial charge in [-0.3, -0.25) is 0 Å². The average Bonchev–Trinajstić information content (AvgIpc) is 2.68. The van der Waals surface area contributed by atoms with Gasteiger partial charge in [-0.1, -0.05) is 18.2 Å². The van der Waals surface area contributed by atoms with Crippen molar-refractivity contribution in [2.24, 2.45) is 0 Å². The molecule has 88 valence electrons. The minimum atomic E-state index is -0.182. The molecule has 0 bridgehead atoms. The van der Waals surface area contributed by atoms with Crippen molar-refractivity contribution in [1.29, 1.82) is 0 Å². The van der Waals surface area contributed by atoms with Gasteiger partial charge in [0, 0.05) is 24.6 Å². The Bertz CT molecular complexity index is 519. The second-order valence-corrected chi connectivity index (χ2v) is 4.26. The van der Waals surface area contributed by atoms with Crippen LogP contribution in [0.2, 0.25) is 0 Å². The topological polar surface area (TPSA) is 42.7 Å². The van der Waals surface area contributed by atoms with Crippen LogP contribution >= 0.6 is 0 Å². The molecule has 0 saturated carbocycles. The monoisotopic (exact) mass is 232 g/mol. The fraction of sp³-hybridized carbons (Fsp3) is 0.333. The van der Waals surface area contributed by atoms with Crippen LogP contribution in [0.25, 0.3) is 0 Å². The predicted octanol–water partition coefficient (Wildman–Crippen LogP) is 1.15. The molecule has 1 aromatic carbocycles. The molecule has 1 aliphatic rings. The molecule has 0 amide bonds. The molecule has 1 N–H and O–H groups in total. The molecule has 4 nitrogen and oxygen atoms in total. The molecule has 1 fully saturated rings. The second kappa shape index (κ2) is 4.25. The van der Waals surface area contributed by atoms with Crippen molar-refractivity contribution in [2.75, 3.05) is 13.1 Å². The number of halogens is 1. The Morgan fingerprint density at radius 3 is 2.88 bits per heavy atom. The molecule has 1 saturated heterocycles. The lowest BCUT2D eigenvalue weighted by atomic mass is 10.0. The number of hydrogen-bond donors (Lipinski definition) is 1. The normalized spacial score (nSPS) is 15.8. The highest BCUT2D eigenvalue weighted by Crippen LogP contribution is 2.18. The third-order valence-electron chi connectivity index (χ3n) is 3.09. The molecule has 0 unspecified atom stereocenters. The third kappa shape index (κ3) is 1.93. The molecule has 2 heterocycles. The van der Waals surface area contributed by atoms with Gasteiger partial charge in [-0.05, 0) is 6.07 Å². The van der Waals surface area contributed by atoms with Crippen LogP contribution < -0.4 is 5.32 Å². The molecule has 0 atom stereocenters. The van der Waals surface area contributed by atoms with Gasteiger partial charge in [-0.25, -0.2) is 4.39 Å². The van der Waals surface area contributed by atoms with Crippen LogP contribution in [0.15, 0.2) is 30.6 Å². The van der Waals surface area contributed by atoms with Crippen LogP contribution in [-0.4, -0.2) is 27.9 Å². The summed E-state index contributed by atoms with van der Waals surface area (Å²) in [4.78, 5) is 0. The summed E-state index contributed by atoms with van der Waals surface area (Å²) in [5.74, 6) is 1.16. The average molecular weight is 232 g/mol. The summed E-state index contributed by atoms with van der Waals surface area (Å²) < 4.78 is 15.5. The van der Waals surface area contributed by atoms with E-state index in [0.717, 1.165) is 18.9 Å². The molecule has 17 heavy (non-hydrogen) atoms. The van der Waals surface area contributed by atoms with Crippen molar-refractivity contribution < 1.29 is 4.39 Å². The van der Waals surface area contributed by atoms with Crippen molar-refractivity contribution in [1.82, 2.24) is 20.1 Å². The Balaban J connectivity index is 1.85. The van der Waals surface area contributed by atoms with Gasteiger partial charge in [0.05, 0.1) is 6.54 Å². The molecule has 1 aromatic heterocycles. The highest BCUT2D eigenvalue weighted by Gasteiger charge is 2.24. The lowest BCUT2D eigenvalue weighted by molar-refractivity contribution is 0.416. The van der Waals surface area contributed by atoms with Crippen LogP contribution in [0.3, 0.4) is 0 Å². The zero-order valence-electron chi connectivity index (χ0n) is 9.31. The summed E-state index contributed by atoms with van der Waals surface area (Å²) in [5.41, 5.74) is 0.667. The number of nitrogens with one attached hydrogen (secondary N) is 1. The van der Waals surface area contributed by atoms with E-state index in [1.165, 1.54) is 6.07 Å². The van der Waals surface area contributed by atoms with Crippen molar-refractivity contribution >= 4 is 0 Å². The van der Waals surface area contributed by atoms with Gasteiger partial charge in [-0.15, -0.1) is 10.2 Å². The summed E-state index contributed by atoms with van der Waals surface area (Å²) in [6, 6.07) is 6.80. The standard InChI is InChI=1S/C12H13FN4/c13-11-4-2-1-3-9(11)7-17-8-15-16-12(17)10-5-14-6-10/h1-4,8,10,14H,5-7H2. The second-order valence-electron chi connectivity index (χ2n) is 4.26. The number of benzene rings is 1. The number of aromatic nitrogens is 3. The fourth-order valence-corrected chi connectivity index (χ4v) is 1.98. The van der Waals surface area contributed by atoms with Gasteiger partial charge in [0.2, 0.25) is 0 Å². The van der Waals surface area contributed by atoms with Crippen LogP contribution in [-0.2, 0) is 6.54 Å². The first-order valence-corrected chi connectivity index (χ1v) is 5.66. The summed E-state index contributed by atoms with van der Waals surface area (Å²) in [7, 11) is 0. The van der Waals surface area contributed by atoms with Gasteiger partial charge < -0.3 is 9.88 Å². The summed E-state index contributed by atoms with van der Waals surface area (Å²) in [6.07, 6.45) is 1.67. The zero-order chi connectivity index (χ0) is 11.7. The smallest absolute Gasteiger partial charge is 0.138 e. The van der Waals surface area contributed by atoms with E-state index in [4.69, 9.17) is 0 Å². The van der Waals surface area contributed by atoms with E-state index < -0.39 is 0 Å². The molecule has 0 aliphatic carbocycles. The van der Waals surface area contributed by atoms with Gasteiger partial charge in [0.25, 0.3) is 0 Å². The minimum absolute atomic E-state index is 0.182. The van der Waals surface area contributed by atoms with E-state index in [0.29, 0.717) is 18.0 Å². The maximum absolute atomic E-state index is 13.5. The Kier molecular flexibility index (Phi) is 2.60. The first-order valence-electron chi connectivity index (χ1n) is 5.66. The minimum Gasteiger partial charge on any atom is -0.315 e. The van der Waals surface area contributed by atoms with E-state index in [1.54, 1.807) is 18.5 Å². The Labute approximate surface area is 98.5 Å². The van der Waals surface area contributed by atoms with Crippen LogP contribution in [0.4, 0.5) is 4.39 Å². The summed E-state index contributed by atoms with van der Waals surface area (Å²) in [6.45, 7) is 2.34. The summed E-state index contributed by atoms with van der Waals surface area (Å²) in [5, 5.41) is 11.2. The third-order valence-corrected chi connectivity index (χ3v) is 3.09. The van der Waals surface area contributed by atoms with Crippen molar-refractivity contribution in [2.45, 2.75) is 12.5 Å². The van der Waals surface area contributed by atoms with E-state index in [2.05, 4.69) is 15.5 Å². The van der Waals surface area contributed by atoms with Crippen molar-refractivity contribution in [3.05, 3.63) is 47.8 Å². The SMILES string of the molecule is Fc1ccccc1Cn1cnnc1C1CNC1. The number of rotatable bonds is 3. The molecule has 0 spiro atoms. The highest BCUT2D eigenvalue weighted by molar-refractivity contribution is 5.18. The molecule has 3 rings (SSSR count). The zero-order valence-corrected chi connectivity index (χ0v) is 9.31. The largest absolute Gasteiger partial charge is 0.315 e. The fourth-order valence-electron chi connectivity index (χ4n) is 1.98. The van der Waals surface area contributed by atoms with E-state index in [-0.39, 0.29) is 5.82 Å². The van der Waals surface area contributed by atoms with E-state index >= 15 is 0 Å². The lowest BCUT2D eigenvalue weighted by Gasteiger charge is -2.26. The first-order chi connectivity index (χ1) is 8.34. The molecule has 0 radical (unpaired) electrons. The summed E-state index contributed by atoms with van der Waals surface area (Å²) >= 11 is 0. The molecular weight excluding hydrogens is 219 g/mol. The van der Waals surface area contributed by atoms with Gasteiger partial charge in [-0.2, -0.15) is 0 Å². The van der Waals surface area contributed by atoms with Crippen LogP contribution in [0.5, 0.6) is 0 Å². The van der Waals surface area contributed by atoms with E-state index in [9.17, 15) is 4.39 Å². The Morgan fingerprint density at radius 1 is 1.35 bits per heavy atom. The molecule has 5 heteroatoms. The van der Waals surface area contributed by atoms with Gasteiger partial charge >= 0.3 is 0 Å². The van der Waals surface area contributed by atoms with Crippen molar-refractivity contribution in [3.63, 3.8) is 0 Å². The van der Waals surface area contributed by atoms with Gasteiger partial charge in [0.1, 0.15) is 18.0 Å². The quantitative estimate of drug-likeness (QED) is 0.863.